The predicted octanol–water partition coefficient (Wildman–Crippen LogP) is 4.26. The fraction of sp³-hybridized carbons (Fsp3) is 0.333. The van der Waals surface area contributed by atoms with Gasteiger partial charge in [0.2, 0.25) is 5.76 Å². The Bertz CT molecular complexity index is 1220. The lowest BCUT2D eigenvalue weighted by atomic mass is 9.98. The first-order valence-electron chi connectivity index (χ1n) is 10.3. The fourth-order valence-electron chi connectivity index (χ4n) is 3.97. The number of aryl methyl sites for hydroxylation is 1. The number of fused-ring (bicyclic) bond motifs is 2. The van der Waals surface area contributed by atoms with Gasteiger partial charge in [-0.25, -0.2) is 0 Å². The summed E-state index contributed by atoms with van der Waals surface area (Å²) >= 11 is 6.28. The number of hydrogen-bond acceptors (Lipinski definition) is 5. The first-order chi connectivity index (χ1) is 14.8. The van der Waals surface area contributed by atoms with E-state index in [2.05, 4.69) is 0 Å². The molecule has 7 heteroatoms. The van der Waals surface area contributed by atoms with Crippen molar-refractivity contribution >= 4 is 28.5 Å². The summed E-state index contributed by atoms with van der Waals surface area (Å²) in [5.74, 6) is 0.511. The number of halogens is 1. The second-order valence-electron chi connectivity index (χ2n) is 7.98. The molecule has 0 bridgehead atoms. The van der Waals surface area contributed by atoms with E-state index in [1.54, 1.807) is 17.0 Å². The number of hydrogen-bond donors (Lipinski definition) is 0. The monoisotopic (exact) mass is 440 g/mol. The second-order valence-corrected chi connectivity index (χ2v) is 8.39. The number of ether oxygens (including phenoxy) is 1. The molecule has 0 aliphatic carbocycles. The first kappa shape index (κ1) is 21.4. The molecule has 6 nitrogen and oxygen atoms in total. The number of nitrogens with zero attached hydrogens (tertiary/aromatic N) is 2. The predicted molar refractivity (Wildman–Crippen MR) is 121 cm³/mol. The molecular weight excluding hydrogens is 416 g/mol. The number of benzene rings is 2. The molecule has 0 saturated heterocycles. The minimum atomic E-state index is -0.552. The van der Waals surface area contributed by atoms with Crippen molar-refractivity contribution in [3.8, 4) is 5.75 Å². The number of amides is 1. The Morgan fingerprint density at radius 3 is 2.68 bits per heavy atom. The van der Waals surface area contributed by atoms with Gasteiger partial charge in [0, 0.05) is 18.1 Å². The van der Waals surface area contributed by atoms with Crippen molar-refractivity contribution in [1.82, 2.24) is 9.80 Å². The zero-order valence-electron chi connectivity index (χ0n) is 18.1. The largest absolute Gasteiger partial charge is 0.494 e. The number of rotatable bonds is 6. The van der Waals surface area contributed by atoms with E-state index in [4.69, 9.17) is 20.8 Å². The van der Waals surface area contributed by atoms with Crippen LogP contribution >= 0.6 is 11.6 Å². The average molecular weight is 441 g/mol. The Kier molecular flexibility index (Phi) is 5.77. The van der Waals surface area contributed by atoms with E-state index >= 15 is 0 Å². The van der Waals surface area contributed by atoms with Crippen LogP contribution in [0.4, 0.5) is 0 Å². The lowest BCUT2D eigenvalue weighted by Gasteiger charge is -2.26. The Hall–Kier alpha value is -2.83. The number of likely N-dealkylation sites (N-methyl/N-ethyl adjacent to an activating group) is 1. The van der Waals surface area contributed by atoms with Gasteiger partial charge in [0.25, 0.3) is 5.91 Å². The Morgan fingerprint density at radius 2 is 1.97 bits per heavy atom. The molecule has 1 aliphatic heterocycles. The lowest BCUT2D eigenvalue weighted by molar-refractivity contribution is 0.0716. The Morgan fingerprint density at radius 1 is 1.19 bits per heavy atom. The third-order valence-electron chi connectivity index (χ3n) is 5.52. The highest BCUT2D eigenvalue weighted by Crippen LogP contribution is 2.39. The smallest absolute Gasteiger partial charge is 0.290 e. The summed E-state index contributed by atoms with van der Waals surface area (Å²) in [5, 5.41) is 0.867. The highest BCUT2D eigenvalue weighted by Gasteiger charge is 2.42. The summed E-state index contributed by atoms with van der Waals surface area (Å²) in [6.07, 6.45) is 0. The van der Waals surface area contributed by atoms with Crippen molar-refractivity contribution < 1.29 is 13.9 Å². The van der Waals surface area contributed by atoms with Gasteiger partial charge in [0.1, 0.15) is 11.3 Å². The van der Waals surface area contributed by atoms with Crippen molar-refractivity contribution in [1.29, 1.82) is 0 Å². The molecule has 1 amide bonds. The van der Waals surface area contributed by atoms with Gasteiger partial charge in [-0.15, -0.1) is 0 Å². The Balaban J connectivity index is 1.94. The van der Waals surface area contributed by atoms with Crippen molar-refractivity contribution in [2.75, 3.05) is 33.8 Å². The van der Waals surface area contributed by atoms with Crippen molar-refractivity contribution in [2.45, 2.75) is 19.9 Å². The van der Waals surface area contributed by atoms with Crippen LogP contribution in [0.25, 0.3) is 11.0 Å². The van der Waals surface area contributed by atoms with Gasteiger partial charge in [0.15, 0.2) is 5.43 Å². The van der Waals surface area contributed by atoms with Crippen LogP contribution in [0.15, 0.2) is 45.6 Å². The summed E-state index contributed by atoms with van der Waals surface area (Å²) in [5.41, 5.74) is 2.08. The van der Waals surface area contributed by atoms with Crippen LogP contribution in [0.1, 0.15) is 40.2 Å². The van der Waals surface area contributed by atoms with Crippen molar-refractivity contribution in [2.24, 2.45) is 0 Å². The van der Waals surface area contributed by atoms with E-state index in [0.717, 1.165) is 11.1 Å². The molecule has 2 aromatic carbocycles. The highest BCUT2D eigenvalue weighted by atomic mass is 35.5. The van der Waals surface area contributed by atoms with E-state index in [1.165, 1.54) is 0 Å². The zero-order valence-corrected chi connectivity index (χ0v) is 18.8. The maximum absolute atomic E-state index is 13.6. The maximum atomic E-state index is 13.6. The summed E-state index contributed by atoms with van der Waals surface area (Å²) in [4.78, 5) is 30.6. The van der Waals surface area contributed by atoms with Crippen LogP contribution < -0.4 is 10.2 Å². The second kappa shape index (κ2) is 8.36. The highest BCUT2D eigenvalue weighted by molar-refractivity contribution is 6.32. The van der Waals surface area contributed by atoms with Crippen LogP contribution in [-0.2, 0) is 0 Å². The van der Waals surface area contributed by atoms with Gasteiger partial charge in [-0.3, -0.25) is 9.59 Å². The zero-order chi connectivity index (χ0) is 22.3. The third kappa shape index (κ3) is 3.82. The SMILES string of the molecule is CCOc1cccc(C2c3c(oc4cc(C)c(Cl)cc4c3=O)C(=O)N2CCN(C)C)c1. The molecule has 0 fully saturated rings. The quantitative estimate of drug-likeness (QED) is 0.573. The number of carbonyl (C=O) groups excluding carboxylic acids is 1. The molecule has 0 spiro atoms. The van der Waals surface area contributed by atoms with E-state index in [0.29, 0.717) is 47.0 Å². The summed E-state index contributed by atoms with van der Waals surface area (Å²) in [7, 11) is 3.89. The van der Waals surface area contributed by atoms with Crippen LogP contribution in [0.2, 0.25) is 5.02 Å². The fourth-order valence-corrected chi connectivity index (χ4v) is 4.13. The third-order valence-corrected chi connectivity index (χ3v) is 5.93. The van der Waals surface area contributed by atoms with Gasteiger partial charge >= 0.3 is 0 Å². The molecule has 162 valence electrons. The molecule has 0 N–H and O–H groups in total. The van der Waals surface area contributed by atoms with Crippen molar-refractivity contribution in [3.63, 3.8) is 0 Å². The minimum absolute atomic E-state index is 0.102. The molecule has 1 unspecified atom stereocenters. The topological polar surface area (TPSA) is 63.0 Å². The van der Waals surface area contributed by atoms with Gasteiger partial charge in [-0.2, -0.15) is 0 Å². The molecule has 1 aliphatic rings. The standard InChI is InChI=1S/C24H25ClN2O4/c1-5-30-16-8-6-7-15(12-16)21-20-22(28)17-13-18(25)14(2)11-19(17)31-23(20)24(29)27(21)10-9-26(3)4/h6-8,11-13,21H,5,9-10H2,1-4H3. The lowest BCUT2D eigenvalue weighted by Crippen LogP contribution is -2.35. The van der Waals surface area contributed by atoms with E-state index in [-0.39, 0.29) is 17.1 Å². The maximum Gasteiger partial charge on any atom is 0.290 e. The number of carbonyl (C=O) groups is 1. The first-order valence-corrected chi connectivity index (χ1v) is 10.6. The van der Waals surface area contributed by atoms with Crippen LogP contribution in [0, 0.1) is 6.92 Å². The molecule has 1 atom stereocenters. The minimum Gasteiger partial charge on any atom is -0.494 e. The van der Waals surface area contributed by atoms with Gasteiger partial charge < -0.3 is 19.0 Å². The van der Waals surface area contributed by atoms with Crippen LogP contribution in [0.5, 0.6) is 5.75 Å². The normalized spacial score (nSPS) is 15.7. The molecular formula is C24H25ClN2O4. The molecule has 0 radical (unpaired) electrons. The van der Waals surface area contributed by atoms with E-state index < -0.39 is 6.04 Å². The van der Waals surface area contributed by atoms with E-state index in [1.807, 2.05) is 57.1 Å². The van der Waals surface area contributed by atoms with Crippen LogP contribution in [0.3, 0.4) is 0 Å². The van der Waals surface area contributed by atoms with Crippen molar-refractivity contribution in [3.05, 3.63) is 74.1 Å². The molecule has 4 rings (SSSR count). The molecule has 1 aromatic heterocycles. The summed E-state index contributed by atoms with van der Waals surface area (Å²) in [6.45, 7) is 5.38. The molecule has 3 aromatic rings. The van der Waals surface area contributed by atoms with Gasteiger partial charge in [-0.1, -0.05) is 23.7 Å². The van der Waals surface area contributed by atoms with Gasteiger partial charge in [-0.05, 0) is 63.3 Å². The summed E-state index contributed by atoms with van der Waals surface area (Å²) < 4.78 is 11.7. The Labute approximate surface area is 186 Å². The van der Waals surface area contributed by atoms with Gasteiger partial charge in [0.05, 0.1) is 23.6 Å². The molecule has 2 heterocycles. The average Bonchev–Trinajstić information content (AvgIpc) is 3.01. The molecule has 31 heavy (non-hydrogen) atoms. The summed E-state index contributed by atoms with van der Waals surface area (Å²) in [6, 6.07) is 10.3. The molecule has 0 saturated carbocycles. The van der Waals surface area contributed by atoms with E-state index in [9.17, 15) is 9.59 Å². The van der Waals surface area contributed by atoms with Crippen LogP contribution in [-0.4, -0.2) is 49.5 Å².